The predicted molar refractivity (Wildman–Crippen MR) is 469 cm³/mol. The van der Waals surface area contributed by atoms with Crippen LogP contribution in [0.1, 0.15) is 354 Å². The molecule has 12 atom stereocenters. The van der Waals surface area contributed by atoms with Crippen LogP contribution in [-0.2, 0) is 0 Å². The van der Waals surface area contributed by atoms with E-state index >= 15 is 0 Å². The molecule has 14 aliphatic heterocycles. The lowest BCUT2D eigenvalue weighted by Crippen LogP contribution is -2.69. The minimum atomic E-state index is 0. The van der Waals surface area contributed by atoms with Crippen LogP contribution in [0, 0.1) is 99.3 Å². The van der Waals surface area contributed by atoms with Crippen LogP contribution < -0.4 is 0 Å². The normalized spacial score (nSPS) is 35.7. The lowest BCUT2D eigenvalue weighted by Gasteiger charge is -2.59. The van der Waals surface area contributed by atoms with Crippen molar-refractivity contribution < 1.29 is 31.4 Å². The summed E-state index contributed by atoms with van der Waals surface area (Å²) in [5, 5.41) is 0. The van der Waals surface area contributed by atoms with E-state index in [1.165, 1.54) is 432 Å². The first-order valence-corrected chi connectivity index (χ1v) is 45.7. The van der Waals surface area contributed by atoms with Gasteiger partial charge >= 0.3 is 0 Å². The Morgan fingerprint density at radius 2 is 0.510 bits per heavy atom. The van der Waals surface area contributed by atoms with Gasteiger partial charge in [0.25, 0.3) is 0 Å². The lowest BCUT2D eigenvalue weighted by atomic mass is 9.70. The molecule has 0 aromatic carbocycles. The van der Waals surface area contributed by atoms with Gasteiger partial charge in [0, 0.05) is 36.0 Å². The molecule has 0 aromatic heterocycles. The van der Waals surface area contributed by atoms with Gasteiger partial charge < -0.3 is 83.4 Å². The second-order valence-electron chi connectivity index (χ2n) is 39.7. The lowest BCUT2D eigenvalue weighted by molar-refractivity contribution is -0.987. The second-order valence-corrected chi connectivity index (χ2v) is 39.7. The van der Waals surface area contributed by atoms with Crippen molar-refractivity contribution in [1.29, 1.82) is 0 Å². The van der Waals surface area contributed by atoms with Crippen molar-refractivity contribution >= 4 is 0 Å². The van der Waals surface area contributed by atoms with Gasteiger partial charge in [0.2, 0.25) is 0 Å². The van der Waals surface area contributed by atoms with Crippen LogP contribution in [0.15, 0.2) is 0 Å². The van der Waals surface area contributed by atoms with E-state index in [2.05, 4.69) is 96.9 Å². The summed E-state index contributed by atoms with van der Waals surface area (Å²) < 4.78 is 10.3. The molecule has 7 heteroatoms. The summed E-state index contributed by atoms with van der Waals surface area (Å²) in [5.74, 6) is 7.60. The highest BCUT2D eigenvalue weighted by molar-refractivity contribution is 4.85. The van der Waals surface area contributed by atoms with E-state index in [0.717, 1.165) is 83.6 Å². The van der Waals surface area contributed by atoms with Crippen LogP contribution in [0.2, 0.25) is 0 Å². The largest absolute Gasteiger partial charge is 0.358 e. The molecule has 0 saturated carbocycles. The number of quaternary nitrogens is 7. The van der Waals surface area contributed by atoms with Gasteiger partial charge in [-0.1, -0.05) is 55.4 Å². The summed E-state index contributed by atoms with van der Waals surface area (Å²) in [5.41, 5.74) is 0. The van der Waals surface area contributed by atoms with Gasteiger partial charge in [0.1, 0.15) is 0 Å². The van der Waals surface area contributed by atoms with E-state index in [0.29, 0.717) is 0 Å². The highest BCUT2D eigenvalue weighted by Crippen LogP contribution is 2.45. The monoisotopic (exact) mass is 1460 g/mol. The fourth-order valence-corrected chi connectivity index (χ4v) is 25.3. The molecule has 14 saturated heterocycles. The third kappa shape index (κ3) is 28.4. The number of nitrogens with zero attached hydrogens (tertiary/aromatic N) is 7. The molecular formula is C97H201N7. The van der Waals surface area contributed by atoms with E-state index in [9.17, 15) is 0 Å². The maximum Gasteiger partial charge on any atom is 0.0892 e. The molecule has 0 N–H and O–H groups in total. The van der Waals surface area contributed by atoms with Crippen molar-refractivity contribution in [3.05, 3.63) is 52.0 Å². The maximum atomic E-state index is 2.52. The topological polar surface area (TPSA) is 0 Å². The van der Waals surface area contributed by atoms with Crippen LogP contribution in [0.3, 0.4) is 0 Å². The summed E-state index contributed by atoms with van der Waals surface area (Å²) in [4.78, 5) is 0. The van der Waals surface area contributed by atoms with Gasteiger partial charge in [-0.15, -0.1) is 0 Å². The van der Waals surface area contributed by atoms with Gasteiger partial charge in [-0.25, -0.2) is 0 Å². The molecule has 0 radical (unpaired) electrons. The molecule has 12 unspecified atom stereocenters. The average Bonchev–Trinajstić information content (AvgIpc) is 0.970. The van der Waals surface area contributed by atoms with Crippen LogP contribution in [-0.4, -0.2) is 212 Å². The zero-order chi connectivity index (χ0) is 69.4. The number of piperidine rings is 8. The molecule has 0 aliphatic carbocycles. The third-order valence-electron chi connectivity index (χ3n) is 33.3. The van der Waals surface area contributed by atoms with Gasteiger partial charge in [-0.2, -0.15) is 0 Å². The van der Waals surface area contributed by atoms with Gasteiger partial charge in [-0.05, 0) is 310 Å². The Balaban J connectivity index is 0.000000600. The van der Waals surface area contributed by atoms with E-state index in [-0.39, 0.29) is 52.0 Å². The maximum absolute atomic E-state index is 2.52. The molecule has 14 heterocycles. The zero-order valence-corrected chi connectivity index (χ0v) is 76.1. The van der Waals surface area contributed by atoms with Crippen molar-refractivity contribution in [3.63, 3.8) is 0 Å². The van der Waals surface area contributed by atoms with E-state index < -0.39 is 0 Å². The van der Waals surface area contributed by atoms with Crippen molar-refractivity contribution in [1.82, 2.24) is 0 Å². The first kappa shape index (κ1) is 102. The highest BCUT2D eigenvalue weighted by atomic mass is 15.4. The van der Waals surface area contributed by atoms with Crippen LogP contribution in [0.4, 0.5) is 0 Å². The smallest absolute Gasteiger partial charge is 0.0892 e. The molecule has 624 valence electrons. The first-order chi connectivity index (χ1) is 46.7. The molecule has 0 aromatic rings. The molecule has 7 spiro atoms. The number of hydrogen-bond acceptors (Lipinski definition) is 0. The summed E-state index contributed by atoms with van der Waals surface area (Å²) in [6, 6.07) is 5.54. The first-order valence-electron chi connectivity index (χ1n) is 45.7. The van der Waals surface area contributed by atoms with Crippen LogP contribution in [0.25, 0.3) is 0 Å². The van der Waals surface area contributed by atoms with Gasteiger partial charge in [0.05, 0.1) is 180 Å². The Hall–Kier alpha value is -0.280. The Kier molecular flexibility index (Phi) is 49.0. The average molecular weight is 1470 g/mol. The quantitative estimate of drug-likeness (QED) is 0.168. The zero-order valence-electron chi connectivity index (χ0n) is 76.1. The van der Waals surface area contributed by atoms with Crippen LogP contribution in [0.5, 0.6) is 0 Å². The van der Waals surface area contributed by atoms with Crippen LogP contribution >= 0.6 is 0 Å². The summed E-state index contributed by atoms with van der Waals surface area (Å²) in [6.07, 6.45) is 59.4. The molecule has 14 fully saturated rings. The molecule has 104 heavy (non-hydrogen) atoms. The Morgan fingerprint density at radius 3 is 0.942 bits per heavy atom. The third-order valence-corrected chi connectivity index (χ3v) is 33.3. The van der Waals surface area contributed by atoms with E-state index in [4.69, 9.17) is 0 Å². The fourth-order valence-electron chi connectivity index (χ4n) is 25.3. The predicted octanol–water partition coefficient (Wildman–Crippen LogP) is 25.0. The van der Waals surface area contributed by atoms with Gasteiger partial charge in [0.15, 0.2) is 0 Å². The number of hydrogen-bond donors (Lipinski definition) is 0. The molecular weight excluding hydrogens is 1260 g/mol. The minimum absolute atomic E-state index is 0. The minimum Gasteiger partial charge on any atom is -0.358 e. The van der Waals surface area contributed by atoms with Crippen molar-refractivity contribution in [2.24, 2.45) is 47.3 Å². The molecule has 0 amide bonds. The molecule has 0 bridgehead atoms. The summed E-state index contributed by atoms with van der Waals surface area (Å²) in [7, 11) is 0. The highest BCUT2D eigenvalue weighted by Gasteiger charge is 2.52. The number of rotatable bonds is 0. The van der Waals surface area contributed by atoms with Gasteiger partial charge in [-0.3, -0.25) is 0 Å². The van der Waals surface area contributed by atoms with Crippen molar-refractivity contribution in [2.45, 2.75) is 390 Å². The van der Waals surface area contributed by atoms with E-state index in [1.54, 1.807) is 0 Å². The Morgan fingerprint density at radius 1 is 0.183 bits per heavy atom. The molecule has 7 nitrogen and oxygen atoms in total. The standard InChI is InChI=1S/C15H30N.3C13H26N.3C12H24N.7CH3/c1-11-12(2)14(4)16(15(5)13(11)3)9-7-6-8-10-16;1-12-7-8-13(2)14(11-12)9-5-3-4-6-10-14;1-12-8-7-11-14(13(12)2)9-5-3-4-6-10-14;1-12-7-10-14(13(2)11-12)8-5-3-4-6-9-14;1-12-8-4-7-11-13(12)9-5-2-3-6-10-13;1-12-6-10-13(11-7-12)8-4-2-3-5-9-13;1-12-7-6-10-13(11-12)8-4-2-3-5-9-13;;;;;;;/h11-15H,6-10H2,1-5H3;3*12-13H,3-11H2,1-2H3;3*12H,2-11H2,1H3;7*1H3/q7*+1;7*-1. The Labute approximate surface area is 661 Å². The summed E-state index contributed by atoms with van der Waals surface area (Å²) >= 11 is 0. The Bertz CT molecular complexity index is 2030. The SMILES string of the molecule is CC1C(C)C(C)[N+]2(CCCCC2)C(C)C1C.CC1CCC(C)[N+]2(CCCCCC2)C1.CC1CCCC[N+]12CCCCCC2.CC1CCC[N+]2(CCCCCC2)C1.CC1CCC[N+]2(CCCCCC2)C1C.CC1CC[N+]2(CCCCCC2)C(C)C1.CC1CC[N+]2(CCCCCC2)CC1.[CH3-].[CH3-].[CH3-].[CH3-].[CH3-].[CH3-].[CH3-]. The second kappa shape index (κ2) is 50.1. The van der Waals surface area contributed by atoms with E-state index in [1.807, 2.05) is 0 Å². The van der Waals surface area contributed by atoms with Crippen molar-refractivity contribution in [3.8, 4) is 0 Å². The fraction of sp³-hybridized carbons (Fsp3) is 0.928. The summed E-state index contributed by atoms with van der Waals surface area (Å²) in [6.45, 7) is 67.3. The van der Waals surface area contributed by atoms with Crippen molar-refractivity contribution in [2.75, 3.05) is 144 Å². The molecule has 14 rings (SSSR count). The molecule has 14 aliphatic rings.